The van der Waals surface area contributed by atoms with E-state index in [1.54, 1.807) is 0 Å². The van der Waals surface area contributed by atoms with Crippen molar-refractivity contribution in [2.24, 2.45) is 0 Å². The lowest BCUT2D eigenvalue weighted by Gasteiger charge is -2.13. The Kier molecular flexibility index (Phi) is 5.60. The normalized spacial score (nSPS) is 11.2. The van der Waals surface area contributed by atoms with E-state index < -0.39 is 23.7 Å². The van der Waals surface area contributed by atoms with Gasteiger partial charge < -0.3 is 4.74 Å². The Balaban J connectivity index is 1.87. The molecule has 0 aliphatic rings. The van der Waals surface area contributed by atoms with Crippen LogP contribution in [0.4, 0.5) is 23.7 Å². The summed E-state index contributed by atoms with van der Waals surface area (Å²) in [6.45, 7) is 1.35. The monoisotopic (exact) mass is 423 g/mol. The molecule has 1 heterocycles. The van der Waals surface area contributed by atoms with Crippen LogP contribution < -0.4 is 10.1 Å². The van der Waals surface area contributed by atoms with E-state index in [4.69, 9.17) is 16.3 Å². The van der Waals surface area contributed by atoms with Crippen molar-refractivity contribution in [2.75, 3.05) is 5.32 Å². The number of Topliss-reactive ketones (excluding diaryl/α,β-unsaturated/α-hetero) is 1. The van der Waals surface area contributed by atoms with Gasteiger partial charge in [-0.2, -0.15) is 18.3 Å². The van der Waals surface area contributed by atoms with Gasteiger partial charge in [0, 0.05) is 16.3 Å². The summed E-state index contributed by atoms with van der Waals surface area (Å²) in [5.74, 6) is -1.00. The number of halogens is 4. The van der Waals surface area contributed by atoms with Crippen molar-refractivity contribution in [1.82, 2.24) is 9.78 Å². The van der Waals surface area contributed by atoms with Crippen LogP contribution in [0.5, 0.6) is 5.75 Å². The van der Waals surface area contributed by atoms with Crippen LogP contribution in [0, 0.1) is 0 Å². The van der Waals surface area contributed by atoms with Crippen LogP contribution in [0.2, 0.25) is 5.02 Å². The highest BCUT2D eigenvalue weighted by atomic mass is 35.5. The molecule has 0 saturated heterocycles. The van der Waals surface area contributed by atoms with Crippen LogP contribution in [-0.2, 0) is 6.18 Å². The average molecular weight is 424 g/mol. The molecule has 1 aromatic heterocycles. The van der Waals surface area contributed by atoms with Gasteiger partial charge in [0.15, 0.2) is 17.2 Å². The Labute approximate surface area is 167 Å². The maximum absolute atomic E-state index is 13.6. The van der Waals surface area contributed by atoms with Crippen LogP contribution in [-0.4, -0.2) is 21.7 Å². The zero-order chi connectivity index (χ0) is 21.2. The van der Waals surface area contributed by atoms with Gasteiger partial charge in [0.2, 0.25) is 0 Å². The van der Waals surface area contributed by atoms with Gasteiger partial charge in [-0.1, -0.05) is 23.7 Å². The van der Waals surface area contributed by atoms with Gasteiger partial charge in [0.05, 0.1) is 11.9 Å². The molecule has 2 aromatic carbocycles. The molecule has 3 aromatic rings. The molecule has 10 heteroatoms. The Morgan fingerprint density at radius 2 is 1.83 bits per heavy atom. The van der Waals surface area contributed by atoms with E-state index in [1.807, 2.05) is 0 Å². The third-order valence-corrected chi connectivity index (χ3v) is 4.05. The van der Waals surface area contributed by atoms with Crippen molar-refractivity contribution in [1.29, 1.82) is 0 Å². The van der Waals surface area contributed by atoms with Gasteiger partial charge in [-0.3, -0.25) is 10.1 Å². The standard InChI is InChI=1S/C19H13ClF3N3O3/c1-11(27)12-3-2-4-14(9-12)25-18(28)29-16-10-24-26(17(16)19(21,22)23)15-7-5-13(20)6-8-15/h2-10H,1H3,(H,25,28). The molecule has 0 radical (unpaired) electrons. The first-order valence-electron chi connectivity index (χ1n) is 8.16. The number of nitrogens with zero attached hydrogens (tertiary/aromatic N) is 2. The number of hydrogen-bond donors (Lipinski definition) is 1. The number of amides is 1. The summed E-state index contributed by atoms with van der Waals surface area (Å²) in [7, 11) is 0. The summed E-state index contributed by atoms with van der Waals surface area (Å²) >= 11 is 5.76. The molecular weight excluding hydrogens is 411 g/mol. The number of anilines is 1. The van der Waals surface area contributed by atoms with Gasteiger partial charge in [0.25, 0.3) is 0 Å². The van der Waals surface area contributed by atoms with Gasteiger partial charge in [0.1, 0.15) is 0 Å². The highest BCUT2D eigenvalue weighted by molar-refractivity contribution is 6.30. The highest BCUT2D eigenvalue weighted by Gasteiger charge is 2.40. The number of carbonyl (C=O) groups excluding carboxylic acids is 2. The quantitative estimate of drug-likeness (QED) is 0.573. The van der Waals surface area contributed by atoms with E-state index in [0.717, 1.165) is 6.20 Å². The number of rotatable bonds is 4. The fourth-order valence-electron chi connectivity index (χ4n) is 2.51. The molecule has 150 valence electrons. The number of carbonyl (C=O) groups is 2. The second kappa shape index (κ2) is 7.96. The Morgan fingerprint density at radius 3 is 2.45 bits per heavy atom. The van der Waals surface area contributed by atoms with Crippen molar-refractivity contribution in [3.8, 4) is 11.4 Å². The van der Waals surface area contributed by atoms with Gasteiger partial charge in [-0.15, -0.1) is 0 Å². The molecule has 0 bridgehead atoms. The molecular formula is C19H13ClF3N3O3. The molecule has 0 unspecified atom stereocenters. The molecule has 0 atom stereocenters. The van der Waals surface area contributed by atoms with E-state index in [1.165, 1.54) is 55.5 Å². The summed E-state index contributed by atoms with van der Waals surface area (Å²) in [6.07, 6.45) is -5.21. The van der Waals surface area contributed by atoms with Crippen molar-refractivity contribution in [3.05, 3.63) is 71.0 Å². The van der Waals surface area contributed by atoms with Gasteiger partial charge >= 0.3 is 12.3 Å². The second-order valence-electron chi connectivity index (χ2n) is 5.89. The highest BCUT2D eigenvalue weighted by Crippen LogP contribution is 2.37. The first-order chi connectivity index (χ1) is 13.6. The molecule has 0 aliphatic heterocycles. The Morgan fingerprint density at radius 1 is 1.14 bits per heavy atom. The minimum atomic E-state index is -4.85. The smallest absolute Gasteiger partial charge is 0.406 e. The lowest BCUT2D eigenvalue weighted by atomic mass is 10.1. The molecule has 1 N–H and O–H groups in total. The van der Waals surface area contributed by atoms with Gasteiger partial charge in [-0.05, 0) is 43.3 Å². The summed E-state index contributed by atoms with van der Waals surface area (Å²) < 4.78 is 46.2. The van der Waals surface area contributed by atoms with E-state index in [0.29, 0.717) is 15.3 Å². The van der Waals surface area contributed by atoms with Gasteiger partial charge in [-0.25, -0.2) is 9.48 Å². The van der Waals surface area contributed by atoms with E-state index in [2.05, 4.69) is 10.4 Å². The molecule has 0 aliphatic carbocycles. The van der Waals surface area contributed by atoms with Crippen LogP contribution in [0.3, 0.4) is 0 Å². The number of benzene rings is 2. The first-order valence-corrected chi connectivity index (χ1v) is 8.54. The number of aromatic nitrogens is 2. The second-order valence-corrected chi connectivity index (χ2v) is 6.33. The third-order valence-electron chi connectivity index (χ3n) is 3.79. The minimum absolute atomic E-state index is 0.0890. The fraction of sp³-hybridized carbons (Fsp3) is 0.105. The molecule has 0 spiro atoms. The van der Waals surface area contributed by atoms with Crippen molar-refractivity contribution in [3.63, 3.8) is 0 Å². The largest absolute Gasteiger partial charge is 0.437 e. The van der Waals surface area contributed by atoms with Crippen molar-refractivity contribution < 1.29 is 27.5 Å². The third kappa shape index (κ3) is 4.75. The molecule has 1 amide bonds. The number of nitrogens with one attached hydrogen (secondary N) is 1. The zero-order valence-corrected chi connectivity index (χ0v) is 15.6. The molecule has 0 saturated carbocycles. The maximum atomic E-state index is 13.6. The molecule has 29 heavy (non-hydrogen) atoms. The number of hydrogen-bond acceptors (Lipinski definition) is 4. The predicted molar refractivity (Wildman–Crippen MR) is 99.7 cm³/mol. The Bertz CT molecular complexity index is 1060. The topological polar surface area (TPSA) is 73.2 Å². The van der Waals surface area contributed by atoms with Crippen LogP contribution >= 0.6 is 11.6 Å². The summed E-state index contributed by atoms with van der Waals surface area (Å²) in [6, 6.07) is 11.4. The lowest BCUT2D eigenvalue weighted by molar-refractivity contribution is -0.143. The minimum Gasteiger partial charge on any atom is -0.406 e. The average Bonchev–Trinajstić information content (AvgIpc) is 3.06. The Hall–Kier alpha value is -3.33. The zero-order valence-electron chi connectivity index (χ0n) is 14.8. The molecule has 6 nitrogen and oxygen atoms in total. The summed E-state index contributed by atoms with van der Waals surface area (Å²) in [4.78, 5) is 23.5. The number of ether oxygens (including phenoxy) is 1. The van der Waals surface area contributed by atoms with Crippen LogP contribution in [0.25, 0.3) is 5.69 Å². The van der Waals surface area contributed by atoms with Crippen molar-refractivity contribution >= 4 is 29.2 Å². The first kappa shape index (κ1) is 20.4. The maximum Gasteiger partial charge on any atom is 0.437 e. The summed E-state index contributed by atoms with van der Waals surface area (Å²) in [5.41, 5.74) is -0.644. The SMILES string of the molecule is CC(=O)c1cccc(NC(=O)Oc2cnn(-c3ccc(Cl)cc3)c2C(F)(F)F)c1. The lowest BCUT2D eigenvalue weighted by Crippen LogP contribution is -2.20. The van der Waals surface area contributed by atoms with Crippen LogP contribution in [0.15, 0.2) is 54.7 Å². The van der Waals surface area contributed by atoms with E-state index in [-0.39, 0.29) is 17.2 Å². The van der Waals surface area contributed by atoms with Crippen molar-refractivity contribution in [2.45, 2.75) is 13.1 Å². The number of ketones is 1. The number of alkyl halides is 3. The predicted octanol–water partition coefficient (Wildman–Crippen LogP) is 5.36. The fourth-order valence-corrected chi connectivity index (χ4v) is 2.63. The molecule has 3 rings (SSSR count). The van der Waals surface area contributed by atoms with E-state index >= 15 is 0 Å². The molecule has 0 fully saturated rings. The van der Waals surface area contributed by atoms with Crippen LogP contribution in [0.1, 0.15) is 23.0 Å². The summed E-state index contributed by atoms with van der Waals surface area (Å²) in [5, 5.41) is 6.31. The van der Waals surface area contributed by atoms with E-state index in [9.17, 15) is 22.8 Å².